The Kier molecular flexibility index (Phi) is 4.59. The van der Waals surface area contributed by atoms with E-state index in [1.165, 1.54) is 6.07 Å². The third kappa shape index (κ3) is 3.41. The van der Waals surface area contributed by atoms with Crippen molar-refractivity contribution in [3.8, 4) is 5.75 Å². The third-order valence-corrected chi connectivity index (χ3v) is 4.45. The molecular formula is C21H16ClFN2O. The highest BCUT2D eigenvalue weighted by Crippen LogP contribution is 2.21. The van der Waals surface area contributed by atoms with Gasteiger partial charge >= 0.3 is 0 Å². The third-order valence-electron chi connectivity index (χ3n) is 4.20. The first kappa shape index (κ1) is 16.6. The summed E-state index contributed by atoms with van der Waals surface area (Å²) in [6, 6.07) is 21.8. The van der Waals surface area contributed by atoms with Crippen molar-refractivity contribution in [1.29, 1.82) is 0 Å². The van der Waals surface area contributed by atoms with Gasteiger partial charge in [0.25, 0.3) is 0 Å². The van der Waals surface area contributed by atoms with Gasteiger partial charge in [-0.2, -0.15) is 0 Å². The van der Waals surface area contributed by atoms with Crippen molar-refractivity contribution in [3.63, 3.8) is 0 Å². The molecule has 0 radical (unpaired) electrons. The van der Waals surface area contributed by atoms with Gasteiger partial charge in [0.05, 0.1) is 17.6 Å². The van der Waals surface area contributed by atoms with Crippen molar-refractivity contribution in [2.45, 2.75) is 13.2 Å². The summed E-state index contributed by atoms with van der Waals surface area (Å²) in [5, 5.41) is 0.657. The van der Waals surface area contributed by atoms with E-state index in [1.54, 1.807) is 24.3 Å². The summed E-state index contributed by atoms with van der Waals surface area (Å²) in [6.07, 6.45) is 0. The van der Waals surface area contributed by atoms with E-state index >= 15 is 0 Å². The van der Waals surface area contributed by atoms with Crippen molar-refractivity contribution in [2.24, 2.45) is 0 Å². The summed E-state index contributed by atoms with van der Waals surface area (Å²) in [6.45, 7) is 0.678. The van der Waals surface area contributed by atoms with E-state index in [-0.39, 0.29) is 12.4 Å². The van der Waals surface area contributed by atoms with Gasteiger partial charge in [-0.25, -0.2) is 9.37 Å². The molecule has 3 aromatic carbocycles. The Bertz CT molecular complexity index is 1040. The van der Waals surface area contributed by atoms with E-state index in [0.717, 1.165) is 16.9 Å². The molecule has 0 aliphatic rings. The number of aromatic nitrogens is 2. The van der Waals surface area contributed by atoms with Crippen LogP contribution in [0.1, 0.15) is 11.4 Å². The van der Waals surface area contributed by atoms with Gasteiger partial charge in [0, 0.05) is 10.6 Å². The topological polar surface area (TPSA) is 27.1 Å². The highest BCUT2D eigenvalue weighted by Gasteiger charge is 2.13. The number of rotatable bonds is 5. The standard InChI is InChI=1S/C21H16ClFN2O/c22-16-9-11-17(12-10-16)26-14-21-24-19-7-3-4-8-20(19)25(21)13-15-5-1-2-6-18(15)23/h1-12H,13-14H2. The first-order chi connectivity index (χ1) is 12.7. The summed E-state index contributed by atoms with van der Waals surface area (Å²) < 4.78 is 22.0. The number of ether oxygens (including phenoxy) is 1. The Balaban J connectivity index is 1.67. The predicted molar refractivity (Wildman–Crippen MR) is 101 cm³/mol. The van der Waals surface area contributed by atoms with Crippen LogP contribution in [0, 0.1) is 5.82 Å². The van der Waals surface area contributed by atoms with Crippen molar-refractivity contribution in [3.05, 3.63) is 95.0 Å². The normalized spacial score (nSPS) is 11.0. The zero-order valence-electron chi connectivity index (χ0n) is 13.9. The number of fused-ring (bicyclic) bond motifs is 1. The van der Waals surface area contributed by atoms with Gasteiger partial charge in [-0.1, -0.05) is 41.9 Å². The number of halogens is 2. The maximum Gasteiger partial charge on any atom is 0.148 e. The average molecular weight is 367 g/mol. The van der Waals surface area contributed by atoms with Crippen molar-refractivity contribution < 1.29 is 9.13 Å². The smallest absolute Gasteiger partial charge is 0.148 e. The number of hydrogen-bond donors (Lipinski definition) is 0. The average Bonchev–Trinajstić information content (AvgIpc) is 3.01. The fraction of sp³-hybridized carbons (Fsp3) is 0.0952. The molecule has 0 atom stereocenters. The molecule has 0 aliphatic carbocycles. The van der Waals surface area contributed by atoms with Gasteiger partial charge in [0.2, 0.25) is 0 Å². The second kappa shape index (κ2) is 7.18. The maximum absolute atomic E-state index is 14.1. The number of nitrogens with zero attached hydrogens (tertiary/aromatic N) is 2. The molecule has 0 unspecified atom stereocenters. The summed E-state index contributed by atoms with van der Waals surface area (Å²) in [5.74, 6) is 1.22. The molecule has 130 valence electrons. The molecule has 0 amide bonds. The second-order valence-electron chi connectivity index (χ2n) is 5.94. The van der Waals surface area contributed by atoms with Crippen LogP contribution in [0.2, 0.25) is 5.02 Å². The zero-order valence-corrected chi connectivity index (χ0v) is 14.7. The molecule has 0 fully saturated rings. The molecule has 5 heteroatoms. The van der Waals surface area contributed by atoms with Gasteiger partial charge in [0.1, 0.15) is 24.0 Å². The van der Waals surface area contributed by atoms with Gasteiger partial charge in [0.15, 0.2) is 0 Å². The van der Waals surface area contributed by atoms with E-state index in [1.807, 2.05) is 47.0 Å². The fourth-order valence-corrected chi connectivity index (χ4v) is 3.01. The number of imidazole rings is 1. The highest BCUT2D eigenvalue weighted by molar-refractivity contribution is 6.30. The largest absolute Gasteiger partial charge is 0.486 e. The van der Waals surface area contributed by atoms with Gasteiger partial charge in [-0.3, -0.25) is 0 Å². The van der Waals surface area contributed by atoms with Crippen LogP contribution < -0.4 is 4.74 Å². The molecule has 0 aliphatic heterocycles. The first-order valence-electron chi connectivity index (χ1n) is 8.26. The molecule has 1 heterocycles. The van der Waals surface area contributed by atoms with Crippen molar-refractivity contribution in [2.75, 3.05) is 0 Å². The molecule has 0 spiro atoms. The van der Waals surface area contributed by atoms with Gasteiger partial charge < -0.3 is 9.30 Å². The molecule has 4 aromatic rings. The quantitative estimate of drug-likeness (QED) is 0.469. The first-order valence-corrected chi connectivity index (χ1v) is 8.64. The molecule has 0 bridgehead atoms. The van der Waals surface area contributed by atoms with Crippen LogP contribution in [-0.2, 0) is 13.2 Å². The van der Waals surface area contributed by atoms with Crippen LogP contribution >= 0.6 is 11.6 Å². The summed E-state index contributed by atoms with van der Waals surface area (Å²) in [7, 11) is 0. The lowest BCUT2D eigenvalue weighted by Crippen LogP contribution is -2.09. The Morgan fingerprint density at radius 1 is 0.923 bits per heavy atom. The van der Waals surface area contributed by atoms with E-state index < -0.39 is 0 Å². The fourth-order valence-electron chi connectivity index (χ4n) is 2.89. The van der Waals surface area contributed by atoms with Crippen LogP contribution in [0.5, 0.6) is 5.75 Å². The van der Waals surface area contributed by atoms with E-state index in [9.17, 15) is 4.39 Å². The number of para-hydroxylation sites is 2. The molecule has 26 heavy (non-hydrogen) atoms. The summed E-state index contributed by atoms with van der Waals surface area (Å²) in [4.78, 5) is 4.66. The molecule has 0 saturated carbocycles. The lowest BCUT2D eigenvalue weighted by molar-refractivity contribution is 0.291. The molecule has 3 nitrogen and oxygen atoms in total. The summed E-state index contributed by atoms with van der Waals surface area (Å²) in [5.41, 5.74) is 2.42. The predicted octanol–water partition coefficient (Wildman–Crippen LogP) is 5.46. The minimum absolute atomic E-state index is 0.227. The van der Waals surface area contributed by atoms with Gasteiger partial charge in [-0.15, -0.1) is 0 Å². The molecule has 1 aromatic heterocycles. The Labute approximate surface area is 155 Å². The van der Waals surface area contributed by atoms with Crippen molar-refractivity contribution >= 4 is 22.6 Å². The van der Waals surface area contributed by atoms with Crippen LogP contribution in [0.15, 0.2) is 72.8 Å². The van der Waals surface area contributed by atoms with Gasteiger partial charge in [-0.05, 0) is 42.5 Å². The van der Waals surface area contributed by atoms with Crippen LogP contribution in [0.4, 0.5) is 4.39 Å². The maximum atomic E-state index is 14.1. The monoisotopic (exact) mass is 366 g/mol. The van der Waals surface area contributed by atoms with Crippen LogP contribution in [0.3, 0.4) is 0 Å². The molecule has 4 rings (SSSR count). The highest BCUT2D eigenvalue weighted by atomic mass is 35.5. The lowest BCUT2D eigenvalue weighted by Gasteiger charge is -2.11. The second-order valence-corrected chi connectivity index (χ2v) is 6.37. The Morgan fingerprint density at radius 2 is 1.65 bits per heavy atom. The summed E-state index contributed by atoms with van der Waals surface area (Å²) >= 11 is 5.91. The van der Waals surface area contributed by atoms with Crippen LogP contribution in [-0.4, -0.2) is 9.55 Å². The Morgan fingerprint density at radius 3 is 2.46 bits per heavy atom. The van der Waals surface area contributed by atoms with E-state index in [0.29, 0.717) is 22.9 Å². The minimum Gasteiger partial charge on any atom is -0.486 e. The number of benzene rings is 3. The van der Waals surface area contributed by atoms with Crippen molar-refractivity contribution in [1.82, 2.24) is 9.55 Å². The lowest BCUT2D eigenvalue weighted by atomic mass is 10.2. The SMILES string of the molecule is Fc1ccccc1Cn1c(COc2ccc(Cl)cc2)nc2ccccc21. The Hall–Kier alpha value is -2.85. The minimum atomic E-state index is -0.227. The van der Waals surface area contributed by atoms with Crippen LogP contribution in [0.25, 0.3) is 11.0 Å². The van der Waals surface area contributed by atoms with E-state index in [4.69, 9.17) is 16.3 Å². The van der Waals surface area contributed by atoms with E-state index in [2.05, 4.69) is 4.98 Å². The molecule has 0 N–H and O–H groups in total. The zero-order chi connectivity index (χ0) is 17.9. The number of hydrogen-bond acceptors (Lipinski definition) is 2. The molecule has 0 saturated heterocycles. The molecular weight excluding hydrogens is 351 g/mol.